The van der Waals surface area contributed by atoms with Crippen LogP contribution in [0.1, 0.15) is 61.9 Å². The fourth-order valence-electron chi connectivity index (χ4n) is 5.37. The zero-order chi connectivity index (χ0) is 32.6. The number of hydrogen-bond donors (Lipinski definition) is 0. The van der Waals surface area contributed by atoms with Crippen LogP contribution in [0.25, 0.3) is 6.08 Å². The second-order valence-corrected chi connectivity index (χ2v) is 11.4. The monoisotopic (exact) mass is 637 g/mol. The van der Waals surface area contributed by atoms with Crippen molar-refractivity contribution in [3.63, 3.8) is 0 Å². The summed E-state index contributed by atoms with van der Waals surface area (Å²) in [6, 6.07) is 21.5. The molecule has 0 amide bonds. The molecule has 2 heterocycles. The molecule has 0 unspecified atom stereocenters. The van der Waals surface area contributed by atoms with Crippen molar-refractivity contribution >= 4 is 23.4 Å². The first-order chi connectivity index (χ1) is 22.4. The predicted molar refractivity (Wildman–Crippen MR) is 176 cm³/mol. The summed E-state index contributed by atoms with van der Waals surface area (Å²) in [6.45, 7) is 6.46. The Morgan fingerprint density at radius 1 is 1.00 bits per heavy atom. The van der Waals surface area contributed by atoms with Gasteiger partial charge in [0.2, 0.25) is 0 Å². The number of nitriles is 1. The summed E-state index contributed by atoms with van der Waals surface area (Å²) in [5.41, 5.74) is 3.36. The molecule has 0 saturated carbocycles. The number of rotatable bonds is 12. The van der Waals surface area contributed by atoms with Gasteiger partial charge in [0.15, 0.2) is 16.3 Å². The Labute approximate surface area is 271 Å². The minimum atomic E-state index is -0.777. The van der Waals surface area contributed by atoms with Gasteiger partial charge in [-0.15, -0.1) is 0 Å². The van der Waals surface area contributed by atoms with Gasteiger partial charge in [-0.3, -0.25) is 9.36 Å². The quantitative estimate of drug-likeness (QED) is 0.190. The number of thiazole rings is 1. The molecule has 0 spiro atoms. The van der Waals surface area contributed by atoms with Crippen LogP contribution in [-0.2, 0) is 16.1 Å². The van der Waals surface area contributed by atoms with E-state index in [2.05, 4.69) is 6.07 Å². The molecule has 1 atom stereocenters. The first kappa shape index (κ1) is 32.3. The molecule has 5 rings (SSSR count). The van der Waals surface area contributed by atoms with Crippen LogP contribution >= 0.6 is 11.3 Å². The summed E-state index contributed by atoms with van der Waals surface area (Å²) in [7, 11) is 1.56. The van der Waals surface area contributed by atoms with E-state index >= 15 is 0 Å². The Morgan fingerprint density at radius 3 is 2.52 bits per heavy atom. The molecule has 236 valence electrons. The Balaban J connectivity index is 1.61. The molecule has 0 aliphatic carbocycles. The highest BCUT2D eigenvalue weighted by atomic mass is 32.1. The van der Waals surface area contributed by atoms with Crippen molar-refractivity contribution in [2.24, 2.45) is 4.99 Å². The number of hydrogen-bond acceptors (Lipinski definition) is 9. The van der Waals surface area contributed by atoms with Gasteiger partial charge in [-0.25, -0.2) is 9.79 Å². The van der Waals surface area contributed by atoms with E-state index in [9.17, 15) is 14.9 Å². The Bertz CT molecular complexity index is 2000. The molecule has 0 N–H and O–H groups in total. The SMILES string of the molecule is CCCC1=C(C(=O)OCC)[C@H](c2ccccc2OC)n2c(s/c(=C/c3ccc(OCc4ccccc4C#N)c(OCC)c3)c2=O)=N1. The van der Waals surface area contributed by atoms with E-state index in [4.69, 9.17) is 23.9 Å². The van der Waals surface area contributed by atoms with Crippen LogP contribution in [0.3, 0.4) is 0 Å². The third-order valence-electron chi connectivity index (χ3n) is 7.41. The average molecular weight is 638 g/mol. The van der Waals surface area contributed by atoms with Crippen LogP contribution in [-0.4, -0.2) is 30.9 Å². The molecule has 0 bridgehead atoms. The van der Waals surface area contributed by atoms with Crippen molar-refractivity contribution in [3.8, 4) is 23.3 Å². The summed E-state index contributed by atoms with van der Waals surface area (Å²) in [4.78, 5) is 33.0. The molecule has 1 aromatic heterocycles. The maximum absolute atomic E-state index is 14.2. The van der Waals surface area contributed by atoms with Crippen LogP contribution < -0.4 is 29.1 Å². The Kier molecular flexibility index (Phi) is 10.4. The zero-order valence-electron chi connectivity index (χ0n) is 26.2. The molecule has 3 aromatic carbocycles. The summed E-state index contributed by atoms with van der Waals surface area (Å²) < 4.78 is 25.1. The number of carbonyl (C=O) groups excluding carboxylic acids is 1. The second kappa shape index (κ2) is 14.8. The van der Waals surface area contributed by atoms with Gasteiger partial charge >= 0.3 is 5.97 Å². The van der Waals surface area contributed by atoms with E-state index in [1.165, 1.54) is 11.3 Å². The minimum Gasteiger partial charge on any atom is -0.496 e. The lowest BCUT2D eigenvalue weighted by Crippen LogP contribution is -2.40. The largest absolute Gasteiger partial charge is 0.496 e. The number of methoxy groups -OCH3 is 1. The molecule has 0 saturated heterocycles. The maximum atomic E-state index is 14.2. The van der Waals surface area contributed by atoms with Crippen LogP contribution in [0, 0.1) is 11.3 Å². The lowest BCUT2D eigenvalue weighted by molar-refractivity contribution is -0.139. The van der Waals surface area contributed by atoms with Crippen molar-refractivity contribution < 1.29 is 23.7 Å². The highest BCUT2D eigenvalue weighted by Crippen LogP contribution is 2.37. The number of aromatic nitrogens is 1. The van der Waals surface area contributed by atoms with Gasteiger partial charge in [0.1, 0.15) is 18.4 Å². The van der Waals surface area contributed by atoms with Gasteiger partial charge in [0.25, 0.3) is 5.56 Å². The van der Waals surface area contributed by atoms with Gasteiger partial charge in [-0.1, -0.05) is 67.1 Å². The van der Waals surface area contributed by atoms with Crippen LogP contribution in [0.4, 0.5) is 0 Å². The normalized spacial score (nSPS) is 14.2. The lowest BCUT2D eigenvalue weighted by Gasteiger charge is -2.26. The fraction of sp³-hybridized carbons (Fsp3) is 0.278. The molecule has 0 fully saturated rings. The van der Waals surface area contributed by atoms with E-state index in [1.807, 2.05) is 68.4 Å². The van der Waals surface area contributed by atoms with E-state index in [0.29, 0.717) is 62.0 Å². The molecule has 10 heteroatoms. The zero-order valence-corrected chi connectivity index (χ0v) is 27.1. The second-order valence-electron chi connectivity index (χ2n) is 10.4. The summed E-state index contributed by atoms with van der Waals surface area (Å²) in [5.74, 6) is 1.08. The molecular weight excluding hydrogens is 602 g/mol. The molecule has 4 aromatic rings. The van der Waals surface area contributed by atoms with Gasteiger partial charge in [-0.05, 0) is 56.2 Å². The third kappa shape index (κ3) is 6.60. The number of fused-ring (bicyclic) bond motifs is 1. The van der Waals surface area contributed by atoms with E-state index < -0.39 is 12.0 Å². The fourth-order valence-corrected chi connectivity index (χ4v) is 6.39. The molecule has 1 aliphatic heterocycles. The molecule has 9 nitrogen and oxygen atoms in total. The Hall–Kier alpha value is -5.14. The van der Waals surface area contributed by atoms with Crippen molar-refractivity contribution in [1.82, 2.24) is 4.57 Å². The van der Waals surface area contributed by atoms with E-state index in [0.717, 1.165) is 17.5 Å². The number of benzene rings is 3. The summed E-state index contributed by atoms with van der Waals surface area (Å²) in [6.07, 6.45) is 3.09. The van der Waals surface area contributed by atoms with Crippen LogP contribution in [0.2, 0.25) is 0 Å². The molecule has 46 heavy (non-hydrogen) atoms. The smallest absolute Gasteiger partial charge is 0.338 e. The van der Waals surface area contributed by atoms with Gasteiger partial charge < -0.3 is 18.9 Å². The Morgan fingerprint density at radius 2 is 1.78 bits per heavy atom. The number of para-hydroxylation sites is 1. The number of allylic oxidation sites excluding steroid dienone is 1. The van der Waals surface area contributed by atoms with Crippen molar-refractivity contribution in [2.45, 2.75) is 46.3 Å². The topological polar surface area (TPSA) is 112 Å². The number of ether oxygens (including phenoxy) is 4. The predicted octanol–water partition coefficient (Wildman–Crippen LogP) is 5.44. The van der Waals surface area contributed by atoms with Crippen molar-refractivity contribution in [1.29, 1.82) is 5.26 Å². The molecule has 1 aliphatic rings. The van der Waals surface area contributed by atoms with Crippen LogP contribution in [0.15, 0.2) is 87.8 Å². The standard InChI is InChI=1S/C36H35N3O6S/c1-5-12-27-32(35(41)44-7-3)33(26-15-10-11-16-28(26)42-4)39-34(40)31(46-36(39)38-27)20-23-17-18-29(30(19-23)43-6-2)45-22-25-14-9-8-13-24(25)21-37/h8-11,13-20,33H,5-7,12,22H2,1-4H3/b31-20+/t33-/m0/s1. The average Bonchev–Trinajstić information content (AvgIpc) is 3.38. The summed E-state index contributed by atoms with van der Waals surface area (Å²) in [5, 5.41) is 9.43. The van der Waals surface area contributed by atoms with Gasteiger partial charge in [0.05, 0.1) is 47.8 Å². The van der Waals surface area contributed by atoms with E-state index in [1.54, 1.807) is 36.8 Å². The maximum Gasteiger partial charge on any atom is 0.338 e. The first-order valence-electron chi connectivity index (χ1n) is 15.2. The molecular formula is C36H35N3O6S. The lowest BCUT2D eigenvalue weighted by atomic mass is 9.93. The van der Waals surface area contributed by atoms with E-state index in [-0.39, 0.29) is 18.8 Å². The van der Waals surface area contributed by atoms with Crippen LogP contribution in [0.5, 0.6) is 17.2 Å². The summed E-state index contributed by atoms with van der Waals surface area (Å²) >= 11 is 1.26. The number of carbonyl (C=O) groups is 1. The highest BCUT2D eigenvalue weighted by molar-refractivity contribution is 7.07. The highest BCUT2D eigenvalue weighted by Gasteiger charge is 2.35. The molecule has 0 radical (unpaired) electrons. The first-order valence-corrected chi connectivity index (χ1v) is 16.0. The van der Waals surface area contributed by atoms with Gasteiger partial charge in [0, 0.05) is 11.1 Å². The van der Waals surface area contributed by atoms with Crippen molar-refractivity contribution in [3.05, 3.63) is 120 Å². The van der Waals surface area contributed by atoms with Gasteiger partial charge in [-0.2, -0.15) is 5.26 Å². The number of esters is 1. The third-order valence-corrected chi connectivity index (χ3v) is 8.40. The number of nitrogens with zero attached hydrogens (tertiary/aromatic N) is 3. The van der Waals surface area contributed by atoms with Crippen molar-refractivity contribution in [2.75, 3.05) is 20.3 Å². The minimum absolute atomic E-state index is 0.192.